The van der Waals surface area contributed by atoms with Crippen molar-refractivity contribution in [3.8, 4) is 5.75 Å². The van der Waals surface area contributed by atoms with E-state index < -0.39 is 5.25 Å². The van der Waals surface area contributed by atoms with Crippen molar-refractivity contribution < 1.29 is 14.3 Å². The van der Waals surface area contributed by atoms with Gasteiger partial charge in [-0.15, -0.1) is 11.3 Å². The number of fused-ring (bicyclic) bond motifs is 2. The molecule has 0 bridgehead atoms. The number of hydrogen-bond acceptors (Lipinski definition) is 7. The highest BCUT2D eigenvalue weighted by molar-refractivity contribution is 8.00. The fourth-order valence-corrected chi connectivity index (χ4v) is 6.66. The average molecular weight is 484 g/mol. The van der Waals surface area contributed by atoms with Gasteiger partial charge < -0.3 is 10.1 Å². The minimum atomic E-state index is -0.456. The Kier molecular flexibility index (Phi) is 5.78. The number of ketones is 1. The van der Waals surface area contributed by atoms with Crippen LogP contribution in [0.15, 0.2) is 28.2 Å². The number of thioether (sulfide) groups is 1. The molecule has 2 aromatic heterocycles. The minimum Gasteiger partial charge on any atom is -0.482 e. The molecule has 0 saturated heterocycles. The summed E-state index contributed by atoms with van der Waals surface area (Å²) < 4.78 is 7.23. The predicted molar refractivity (Wildman–Crippen MR) is 131 cm³/mol. The Bertz CT molecular complexity index is 1340. The number of amides is 1. The van der Waals surface area contributed by atoms with Crippen molar-refractivity contribution in [3.05, 3.63) is 44.6 Å². The maximum Gasteiger partial charge on any atom is 0.263 e. The van der Waals surface area contributed by atoms with Gasteiger partial charge in [-0.25, -0.2) is 4.98 Å². The zero-order valence-corrected chi connectivity index (χ0v) is 20.4. The number of aryl methyl sites for hydroxylation is 2. The normalized spacial score (nSPS) is 17.0. The second-order valence-corrected chi connectivity index (χ2v) is 11.2. The molecule has 9 heteroatoms. The summed E-state index contributed by atoms with van der Waals surface area (Å²) in [5, 5.41) is 3.60. The van der Waals surface area contributed by atoms with Crippen LogP contribution in [0.1, 0.15) is 59.4 Å². The van der Waals surface area contributed by atoms with Gasteiger partial charge in [-0.1, -0.05) is 24.6 Å². The molecule has 1 atom stereocenters. The summed E-state index contributed by atoms with van der Waals surface area (Å²) in [5.41, 5.74) is 1.99. The summed E-state index contributed by atoms with van der Waals surface area (Å²) >= 11 is 2.86. The summed E-state index contributed by atoms with van der Waals surface area (Å²) in [7, 11) is 0. The quantitative estimate of drug-likeness (QED) is 0.316. The molecule has 1 amide bonds. The van der Waals surface area contributed by atoms with Crippen molar-refractivity contribution in [2.75, 3.05) is 11.9 Å². The van der Waals surface area contributed by atoms with Crippen LogP contribution in [0, 0.1) is 13.8 Å². The van der Waals surface area contributed by atoms with Crippen LogP contribution in [-0.4, -0.2) is 33.1 Å². The number of nitrogens with one attached hydrogen (secondary N) is 1. The summed E-state index contributed by atoms with van der Waals surface area (Å²) in [5.74, 6) is 0.222. The lowest BCUT2D eigenvalue weighted by molar-refractivity contribution is -0.118. The summed E-state index contributed by atoms with van der Waals surface area (Å²) in [6, 6.07) is 5.19. The van der Waals surface area contributed by atoms with Crippen molar-refractivity contribution in [1.29, 1.82) is 0 Å². The summed E-state index contributed by atoms with van der Waals surface area (Å²) in [6.07, 6.45) is 4.10. The van der Waals surface area contributed by atoms with Crippen LogP contribution in [-0.2, 0) is 4.79 Å². The number of thiophene rings is 1. The third-order valence-electron chi connectivity index (χ3n) is 6.44. The van der Waals surface area contributed by atoms with Crippen molar-refractivity contribution in [2.24, 2.45) is 0 Å². The number of benzene rings is 1. The fourth-order valence-electron chi connectivity index (χ4n) is 4.54. The average Bonchev–Trinajstić information content (AvgIpc) is 3.41. The van der Waals surface area contributed by atoms with Gasteiger partial charge >= 0.3 is 0 Å². The SMILES string of the molecule is Cc1sc2nc(SC(C)C(=O)c3ccc4c(c3)NC(=O)CO4)n(C3CCCC3)c(=O)c2c1C. The van der Waals surface area contributed by atoms with Crippen molar-refractivity contribution in [2.45, 2.75) is 62.9 Å². The van der Waals surface area contributed by atoms with E-state index in [-0.39, 0.29) is 29.9 Å². The lowest BCUT2D eigenvalue weighted by Crippen LogP contribution is -2.28. The maximum atomic E-state index is 13.6. The Morgan fingerprint density at radius 3 is 2.79 bits per heavy atom. The standard InChI is InChI=1S/C24H25N3O4S2/c1-12-13(2)32-22-20(12)23(30)27(16-6-4-5-7-16)24(26-22)33-14(3)21(29)15-8-9-18-17(10-15)25-19(28)11-31-18/h8-10,14,16H,4-7,11H2,1-3H3,(H,25,28). The predicted octanol–water partition coefficient (Wildman–Crippen LogP) is 4.88. The van der Waals surface area contributed by atoms with Gasteiger partial charge in [-0.2, -0.15) is 0 Å². The molecule has 0 spiro atoms. The highest BCUT2D eigenvalue weighted by Crippen LogP contribution is 2.36. The number of carbonyl (C=O) groups is 2. The van der Waals surface area contributed by atoms with Gasteiger partial charge in [-0.3, -0.25) is 19.0 Å². The van der Waals surface area contributed by atoms with Gasteiger partial charge in [0.25, 0.3) is 11.5 Å². The van der Waals surface area contributed by atoms with Gasteiger partial charge in [0, 0.05) is 16.5 Å². The molecule has 1 unspecified atom stereocenters. The van der Waals surface area contributed by atoms with Crippen molar-refractivity contribution >= 4 is 50.7 Å². The van der Waals surface area contributed by atoms with E-state index >= 15 is 0 Å². The molecule has 1 aromatic carbocycles. The first kappa shape index (κ1) is 22.2. The van der Waals surface area contributed by atoms with Gasteiger partial charge in [-0.05, 0) is 57.4 Å². The molecule has 5 rings (SSSR count). The molecule has 0 radical (unpaired) electrons. The Hall–Kier alpha value is -2.65. The highest BCUT2D eigenvalue weighted by atomic mass is 32.2. The number of nitrogens with zero attached hydrogens (tertiary/aromatic N) is 2. The Morgan fingerprint density at radius 2 is 2.03 bits per heavy atom. The largest absolute Gasteiger partial charge is 0.482 e. The molecule has 3 aromatic rings. The molecule has 1 fully saturated rings. The Balaban J connectivity index is 1.50. The number of hydrogen-bond donors (Lipinski definition) is 1. The molecule has 2 aliphatic rings. The van der Waals surface area contributed by atoms with Gasteiger partial charge in [0.1, 0.15) is 10.6 Å². The lowest BCUT2D eigenvalue weighted by Gasteiger charge is -2.21. The second kappa shape index (κ2) is 8.61. The molecule has 3 heterocycles. The number of carbonyl (C=O) groups excluding carboxylic acids is 2. The van der Waals surface area contributed by atoms with E-state index in [1.165, 1.54) is 23.1 Å². The van der Waals surface area contributed by atoms with Crippen molar-refractivity contribution in [3.63, 3.8) is 0 Å². The third kappa shape index (κ3) is 3.97. The topological polar surface area (TPSA) is 90.3 Å². The number of rotatable bonds is 5. The Morgan fingerprint density at radius 1 is 1.27 bits per heavy atom. The van der Waals surface area contributed by atoms with Crippen LogP contribution < -0.4 is 15.6 Å². The van der Waals surface area contributed by atoms with Crippen LogP contribution in [0.3, 0.4) is 0 Å². The minimum absolute atomic E-state index is 0.00420. The number of anilines is 1. The van der Waals surface area contributed by atoms with E-state index in [0.29, 0.717) is 27.5 Å². The second-order valence-electron chi connectivity index (χ2n) is 8.64. The van der Waals surface area contributed by atoms with E-state index in [0.717, 1.165) is 41.0 Å². The monoisotopic (exact) mass is 483 g/mol. The molecule has 1 saturated carbocycles. The third-order valence-corrected chi connectivity index (χ3v) is 8.61. The first-order valence-electron chi connectivity index (χ1n) is 11.1. The van der Waals surface area contributed by atoms with Crippen LogP contribution in [0.2, 0.25) is 0 Å². The molecular formula is C24H25N3O4S2. The van der Waals surface area contributed by atoms with Gasteiger partial charge in [0.2, 0.25) is 0 Å². The molecule has 1 aliphatic heterocycles. The number of aromatic nitrogens is 2. The van der Waals surface area contributed by atoms with Crippen LogP contribution >= 0.6 is 23.1 Å². The molecule has 1 aliphatic carbocycles. The van der Waals surface area contributed by atoms with Gasteiger partial charge in [0.15, 0.2) is 17.5 Å². The van der Waals surface area contributed by atoms with E-state index in [4.69, 9.17) is 9.72 Å². The van der Waals surface area contributed by atoms with Crippen LogP contribution in [0.25, 0.3) is 10.2 Å². The fraction of sp³-hybridized carbons (Fsp3) is 0.417. The number of ether oxygens (including phenoxy) is 1. The van der Waals surface area contributed by atoms with E-state index in [1.807, 2.05) is 25.3 Å². The van der Waals surface area contributed by atoms with Crippen LogP contribution in [0.4, 0.5) is 5.69 Å². The molecule has 7 nitrogen and oxygen atoms in total. The molecular weight excluding hydrogens is 458 g/mol. The number of Topliss-reactive ketones (excluding diaryl/α,β-unsaturated/α-hetero) is 1. The maximum absolute atomic E-state index is 13.6. The molecule has 172 valence electrons. The van der Waals surface area contributed by atoms with Gasteiger partial charge in [0.05, 0.1) is 16.3 Å². The van der Waals surface area contributed by atoms with Crippen LogP contribution in [0.5, 0.6) is 5.75 Å². The van der Waals surface area contributed by atoms with E-state index in [2.05, 4.69) is 5.32 Å². The Labute approximate surface area is 199 Å². The first-order valence-corrected chi connectivity index (χ1v) is 12.8. The summed E-state index contributed by atoms with van der Waals surface area (Å²) in [4.78, 5) is 45.2. The molecule has 33 heavy (non-hydrogen) atoms. The highest BCUT2D eigenvalue weighted by Gasteiger charge is 2.28. The lowest BCUT2D eigenvalue weighted by atomic mass is 10.1. The molecule has 1 N–H and O–H groups in total. The van der Waals surface area contributed by atoms with Crippen molar-refractivity contribution in [1.82, 2.24) is 9.55 Å². The summed E-state index contributed by atoms with van der Waals surface area (Å²) in [6.45, 7) is 5.80. The first-order chi connectivity index (χ1) is 15.8. The zero-order valence-electron chi connectivity index (χ0n) is 18.8. The van der Waals surface area contributed by atoms with E-state index in [1.54, 1.807) is 18.2 Å². The smallest absolute Gasteiger partial charge is 0.263 e. The van der Waals surface area contributed by atoms with E-state index in [9.17, 15) is 14.4 Å². The zero-order chi connectivity index (χ0) is 23.3.